The van der Waals surface area contributed by atoms with Crippen LogP contribution in [0.3, 0.4) is 0 Å². The van der Waals surface area contributed by atoms with E-state index < -0.39 is 0 Å². The van der Waals surface area contributed by atoms with E-state index in [9.17, 15) is 4.79 Å². The van der Waals surface area contributed by atoms with Crippen LogP contribution in [-0.2, 0) is 9.53 Å². The van der Waals surface area contributed by atoms with Crippen LogP contribution in [0.25, 0.3) is 0 Å². The molecule has 3 nitrogen and oxygen atoms in total. The largest absolute Gasteiger partial charge is 0.354 e. The quantitative estimate of drug-likeness (QED) is 0.575. The molecule has 2 fully saturated rings. The van der Waals surface area contributed by atoms with Crippen LogP contribution in [0.15, 0.2) is 24.3 Å². The Hall–Kier alpha value is -1.09. The monoisotopic (exact) mass is 305 g/mol. The Labute approximate surface area is 135 Å². The zero-order valence-electron chi connectivity index (χ0n) is 14.8. The highest BCUT2D eigenvalue weighted by Gasteiger charge is 2.51. The summed E-state index contributed by atoms with van der Waals surface area (Å²) in [6.07, 6.45) is 7.89. The first kappa shape index (κ1) is 17.3. The Bertz CT molecular complexity index is 462. The second-order valence-electron chi connectivity index (χ2n) is 7.74. The molecular weight excluding hydrogens is 274 g/mol. The summed E-state index contributed by atoms with van der Waals surface area (Å²) in [4.78, 5) is 14.4. The molecular formula is C19H31NO2. The SMILES string of the molecule is C=CC(=O)N1[C@H](CC=C(C)C)O[C@@H]2C[C@H](C)CC[C@H]2C1(C)C. The number of hydrogen-bond acceptors (Lipinski definition) is 2. The number of nitrogens with zero attached hydrogens (tertiary/aromatic N) is 1. The molecule has 2 aliphatic rings. The van der Waals surface area contributed by atoms with Crippen molar-refractivity contribution in [3.8, 4) is 0 Å². The average molecular weight is 305 g/mol. The number of allylic oxidation sites excluding steroid dienone is 1. The van der Waals surface area contributed by atoms with Gasteiger partial charge in [0.15, 0.2) is 0 Å². The molecule has 3 heteroatoms. The van der Waals surface area contributed by atoms with Crippen LogP contribution in [0.5, 0.6) is 0 Å². The van der Waals surface area contributed by atoms with E-state index in [1.165, 1.54) is 18.1 Å². The van der Waals surface area contributed by atoms with Crippen LogP contribution in [-0.4, -0.2) is 28.7 Å². The zero-order valence-corrected chi connectivity index (χ0v) is 14.8. The number of rotatable bonds is 3. The van der Waals surface area contributed by atoms with Gasteiger partial charge in [-0.3, -0.25) is 4.79 Å². The van der Waals surface area contributed by atoms with Gasteiger partial charge in [0.2, 0.25) is 5.91 Å². The zero-order chi connectivity index (χ0) is 16.5. The lowest BCUT2D eigenvalue weighted by Crippen LogP contribution is -2.65. The number of carbonyl (C=O) groups excluding carboxylic acids is 1. The van der Waals surface area contributed by atoms with Crippen molar-refractivity contribution < 1.29 is 9.53 Å². The fourth-order valence-electron chi connectivity index (χ4n) is 4.12. The third-order valence-electron chi connectivity index (χ3n) is 5.34. The molecule has 1 saturated heterocycles. The number of amides is 1. The van der Waals surface area contributed by atoms with Gasteiger partial charge in [-0.05, 0) is 52.5 Å². The second kappa shape index (κ2) is 6.57. The minimum absolute atomic E-state index is 0.0192. The molecule has 0 aromatic carbocycles. The van der Waals surface area contributed by atoms with Crippen LogP contribution < -0.4 is 0 Å². The first-order valence-corrected chi connectivity index (χ1v) is 8.52. The number of fused-ring (bicyclic) bond motifs is 1. The highest BCUT2D eigenvalue weighted by molar-refractivity contribution is 5.88. The molecule has 0 unspecified atom stereocenters. The molecule has 1 aliphatic carbocycles. The van der Waals surface area contributed by atoms with Gasteiger partial charge < -0.3 is 9.64 Å². The first-order valence-electron chi connectivity index (χ1n) is 8.52. The molecule has 0 aromatic heterocycles. The summed E-state index contributed by atoms with van der Waals surface area (Å²) in [5, 5.41) is 0. The van der Waals surface area contributed by atoms with E-state index in [4.69, 9.17) is 4.74 Å². The fourth-order valence-corrected chi connectivity index (χ4v) is 4.12. The molecule has 1 amide bonds. The molecule has 1 saturated carbocycles. The second-order valence-corrected chi connectivity index (χ2v) is 7.74. The van der Waals surface area contributed by atoms with Gasteiger partial charge in [-0.1, -0.05) is 31.6 Å². The summed E-state index contributed by atoms with van der Waals surface area (Å²) in [5.74, 6) is 1.10. The van der Waals surface area contributed by atoms with Crippen molar-refractivity contribution in [2.24, 2.45) is 11.8 Å². The van der Waals surface area contributed by atoms with Gasteiger partial charge in [0.05, 0.1) is 6.10 Å². The lowest BCUT2D eigenvalue weighted by Gasteiger charge is -2.57. The molecule has 2 rings (SSSR count). The molecule has 0 N–H and O–H groups in total. The van der Waals surface area contributed by atoms with Crippen molar-refractivity contribution in [1.29, 1.82) is 0 Å². The van der Waals surface area contributed by atoms with Gasteiger partial charge in [0.1, 0.15) is 6.23 Å². The third-order valence-corrected chi connectivity index (χ3v) is 5.34. The van der Waals surface area contributed by atoms with Crippen LogP contribution in [0.2, 0.25) is 0 Å². The summed E-state index contributed by atoms with van der Waals surface area (Å²) in [7, 11) is 0. The van der Waals surface area contributed by atoms with Crippen molar-refractivity contribution in [2.45, 2.75) is 78.2 Å². The third kappa shape index (κ3) is 3.29. The predicted molar refractivity (Wildman–Crippen MR) is 90.3 cm³/mol. The van der Waals surface area contributed by atoms with Crippen molar-refractivity contribution in [2.75, 3.05) is 0 Å². The summed E-state index contributed by atoms with van der Waals surface area (Å²) >= 11 is 0. The molecule has 1 heterocycles. The Morgan fingerprint density at radius 2 is 2.05 bits per heavy atom. The molecule has 1 aliphatic heterocycles. The van der Waals surface area contributed by atoms with Gasteiger partial charge in [-0.25, -0.2) is 0 Å². The lowest BCUT2D eigenvalue weighted by atomic mass is 9.69. The van der Waals surface area contributed by atoms with Gasteiger partial charge in [0.25, 0.3) is 0 Å². The minimum Gasteiger partial charge on any atom is -0.354 e. The summed E-state index contributed by atoms with van der Waals surface area (Å²) in [6, 6.07) is 0. The van der Waals surface area contributed by atoms with Crippen LogP contribution in [0.1, 0.15) is 60.3 Å². The van der Waals surface area contributed by atoms with E-state index in [2.05, 4.69) is 47.3 Å². The molecule has 4 atom stereocenters. The first-order chi connectivity index (χ1) is 10.3. The van der Waals surface area contributed by atoms with Gasteiger partial charge in [-0.15, -0.1) is 0 Å². The van der Waals surface area contributed by atoms with Crippen molar-refractivity contribution >= 4 is 5.91 Å². The Kier molecular flexibility index (Phi) is 5.16. The standard InChI is InChI=1S/C19H31NO2/c1-7-17(21)20-18(11-8-13(2)3)22-16-12-14(4)9-10-15(16)19(20,5)6/h7-8,14-16,18H,1,9-12H2,2-6H3/t14-,15-,16-,18+/m1/s1. The lowest BCUT2D eigenvalue weighted by molar-refractivity contribution is -0.226. The van der Waals surface area contributed by atoms with Crippen LogP contribution >= 0.6 is 0 Å². The Balaban J connectivity index is 2.31. The minimum atomic E-state index is -0.186. The highest BCUT2D eigenvalue weighted by atomic mass is 16.5. The summed E-state index contributed by atoms with van der Waals surface area (Å²) in [5.41, 5.74) is 1.07. The smallest absolute Gasteiger partial charge is 0.248 e. The van der Waals surface area contributed by atoms with E-state index in [0.29, 0.717) is 11.8 Å². The van der Waals surface area contributed by atoms with E-state index in [1.54, 1.807) is 0 Å². The highest BCUT2D eigenvalue weighted by Crippen LogP contribution is 2.45. The van der Waals surface area contributed by atoms with Gasteiger partial charge in [-0.2, -0.15) is 0 Å². The van der Waals surface area contributed by atoms with Gasteiger partial charge in [0, 0.05) is 17.9 Å². The molecule has 0 aromatic rings. The maximum atomic E-state index is 12.5. The maximum absolute atomic E-state index is 12.5. The average Bonchev–Trinajstić information content (AvgIpc) is 2.43. The molecule has 124 valence electrons. The van der Waals surface area contributed by atoms with Crippen LogP contribution in [0, 0.1) is 11.8 Å². The number of hydrogen-bond donors (Lipinski definition) is 0. The normalized spacial score (nSPS) is 33.8. The van der Waals surface area contributed by atoms with Crippen molar-refractivity contribution in [3.63, 3.8) is 0 Å². The molecule has 0 spiro atoms. The topological polar surface area (TPSA) is 29.5 Å². The van der Waals surface area contributed by atoms with E-state index in [1.807, 2.05) is 4.90 Å². The molecule has 0 bridgehead atoms. The Morgan fingerprint density at radius 1 is 1.36 bits per heavy atom. The van der Waals surface area contributed by atoms with Gasteiger partial charge >= 0.3 is 0 Å². The maximum Gasteiger partial charge on any atom is 0.248 e. The molecule has 0 radical (unpaired) electrons. The fraction of sp³-hybridized carbons (Fsp3) is 0.737. The predicted octanol–water partition coefficient (Wildman–Crippen LogP) is 4.30. The van der Waals surface area contributed by atoms with Crippen LogP contribution in [0.4, 0.5) is 0 Å². The molecule has 22 heavy (non-hydrogen) atoms. The van der Waals surface area contributed by atoms with E-state index in [-0.39, 0.29) is 23.8 Å². The van der Waals surface area contributed by atoms with E-state index >= 15 is 0 Å². The van der Waals surface area contributed by atoms with Crippen molar-refractivity contribution in [1.82, 2.24) is 4.90 Å². The number of carbonyl (C=O) groups is 1. The number of ether oxygens (including phenoxy) is 1. The Morgan fingerprint density at radius 3 is 2.64 bits per heavy atom. The van der Waals surface area contributed by atoms with E-state index in [0.717, 1.165) is 19.3 Å². The summed E-state index contributed by atoms with van der Waals surface area (Å²) < 4.78 is 6.40. The van der Waals surface area contributed by atoms with Crippen molar-refractivity contribution in [3.05, 3.63) is 24.3 Å². The summed E-state index contributed by atoms with van der Waals surface area (Å²) in [6.45, 7) is 14.5.